The van der Waals surface area contributed by atoms with Gasteiger partial charge >= 0.3 is 0 Å². The lowest BCUT2D eigenvalue weighted by molar-refractivity contribution is -0.135. The van der Waals surface area contributed by atoms with E-state index in [9.17, 15) is 9.18 Å². The summed E-state index contributed by atoms with van der Waals surface area (Å²) in [5.74, 6) is 0.0377. The predicted molar refractivity (Wildman–Crippen MR) is 73.3 cm³/mol. The lowest BCUT2D eigenvalue weighted by Gasteiger charge is -2.29. The molecule has 0 aliphatic heterocycles. The second kappa shape index (κ2) is 5.17. The van der Waals surface area contributed by atoms with Crippen molar-refractivity contribution in [1.82, 2.24) is 4.90 Å². The van der Waals surface area contributed by atoms with Crippen LogP contribution in [0.2, 0.25) is 0 Å². The molecule has 1 aromatic carbocycles. The molecule has 20 heavy (non-hydrogen) atoms. The number of hydrogen-bond donors (Lipinski definition) is 1. The summed E-state index contributed by atoms with van der Waals surface area (Å²) < 4.78 is 12.9. The van der Waals surface area contributed by atoms with E-state index in [2.05, 4.69) is 0 Å². The van der Waals surface area contributed by atoms with Crippen LogP contribution in [-0.4, -0.2) is 29.1 Å². The van der Waals surface area contributed by atoms with E-state index in [1.165, 1.54) is 31.4 Å². The summed E-state index contributed by atoms with van der Waals surface area (Å²) in [5.41, 5.74) is 1.20. The Morgan fingerprint density at radius 3 is 2.55 bits per heavy atom. The van der Waals surface area contributed by atoms with Crippen LogP contribution in [0, 0.1) is 17.2 Å². The lowest BCUT2D eigenvalue weighted by Crippen LogP contribution is -2.36. The van der Waals surface area contributed by atoms with Gasteiger partial charge < -0.3 is 10.0 Å². The number of benzene rings is 1. The zero-order valence-corrected chi connectivity index (χ0v) is 11.5. The van der Waals surface area contributed by atoms with E-state index >= 15 is 0 Å². The standard InChI is InChI=1S/C16H20FNO2/c17-13-4-2-12(3-5-13)11-18(8-9-19)15(20)14-10-16(14)6-1-7-16/h2-5,14,19H,1,6-11H2. The smallest absolute Gasteiger partial charge is 0.226 e. The molecule has 1 unspecified atom stereocenters. The van der Waals surface area contributed by atoms with Gasteiger partial charge in [-0.3, -0.25) is 4.79 Å². The molecule has 0 bridgehead atoms. The first-order valence-electron chi connectivity index (χ1n) is 7.29. The third kappa shape index (κ3) is 2.44. The molecule has 1 N–H and O–H groups in total. The fourth-order valence-corrected chi connectivity index (χ4v) is 3.30. The fraction of sp³-hybridized carbons (Fsp3) is 0.562. The van der Waals surface area contributed by atoms with Crippen molar-refractivity contribution >= 4 is 5.91 Å². The lowest BCUT2D eigenvalue weighted by atomic mass is 9.79. The number of rotatable bonds is 5. The highest BCUT2D eigenvalue weighted by molar-refractivity contribution is 5.83. The van der Waals surface area contributed by atoms with Crippen molar-refractivity contribution in [3.05, 3.63) is 35.6 Å². The predicted octanol–water partition coefficient (Wildman–Crippen LogP) is 2.34. The summed E-state index contributed by atoms with van der Waals surface area (Å²) in [7, 11) is 0. The average molecular weight is 277 g/mol. The van der Waals surface area contributed by atoms with E-state index in [-0.39, 0.29) is 24.2 Å². The topological polar surface area (TPSA) is 40.5 Å². The zero-order valence-electron chi connectivity index (χ0n) is 11.5. The third-order valence-corrected chi connectivity index (χ3v) is 4.81. The molecule has 0 aromatic heterocycles. The van der Waals surface area contributed by atoms with Gasteiger partial charge in [0.15, 0.2) is 0 Å². The highest BCUT2D eigenvalue weighted by atomic mass is 19.1. The minimum Gasteiger partial charge on any atom is -0.395 e. The van der Waals surface area contributed by atoms with E-state index in [0.717, 1.165) is 12.0 Å². The van der Waals surface area contributed by atoms with Gasteiger partial charge in [0, 0.05) is 19.0 Å². The molecule has 2 aliphatic rings. The molecule has 1 atom stereocenters. The first kappa shape index (κ1) is 13.6. The highest BCUT2D eigenvalue weighted by Crippen LogP contribution is 2.65. The SMILES string of the molecule is O=C(C1CC12CCC2)N(CCO)Cc1ccc(F)cc1. The van der Waals surface area contributed by atoms with Gasteiger partial charge in [-0.1, -0.05) is 18.6 Å². The number of carbonyl (C=O) groups is 1. The molecule has 108 valence electrons. The Hall–Kier alpha value is -1.42. The molecule has 0 saturated heterocycles. The molecule has 1 aromatic rings. The molecule has 4 heteroatoms. The maximum Gasteiger partial charge on any atom is 0.226 e. The Balaban J connectivity index is 1.66. The van der Waals surface area contributed by atoms with Gasteiger partial charge in [-0.15, -0.1) is 0 Å². The highest BCUT2D eigenvalue weighted by Gasteiger charge is 2.61. The Kier molecular flexibility index (Phi) is 3.50. The van der Waals surface area contributed by atoms with Crippen molar-refractivity contribution in [1.29, 1.82) is 0 Å². The van der Waals surface area contributed by atoms with Crippen molar-refractivity contribution in [2.24, 2.45) is 11.3 Å². The van der Waals surface area contributed by atoms with Crippen LogP contribution in [0.25, 0.3) is 0 Å². The summed E-state index contributed by atoms with van der Waals surface area (Å²) in [4.78, 5) is 14.2. The quantitative estimate of drug-likeness (QED) is 0.897. The number of nitrogens with zero attached hydrogens (tertiary/aromatic N) is 1. The molecule has 0 radical (unpaired) electrons. The molecular formula is C16H20FNO2. The van der Waals surface area contributed by atoms with Gasteiger partial charge in [0.05, 0.1) is 6.61 Å². The van der Waals surface area contributed by atoms with Crippen LogP contribution in [0.15, 0.2) is 24.3 Å². The van der Waals surface area contributed by atoms with Crippen LogP contribution in [0.5, 0.6) is 0 Å². The summed E-state index contributed by atoms with van der Waals surface area (Å²) >= 11 is 0. The number of halogens is 1. The van der Waals surface area contributed by atoms with E-state index < -0.39 is 0 Å². The Bertz CT molecular complexity index is 496. The van der Waals surface area contributed by atoms with Crippen LogP contribution in [0.4, 0.5) is 4.39 Å². The van der Waals surface area contributed by atoms with Gasteiger partial charge in [-0.05, 0) is 42.4 Å². The molecule has 3 nitrogen and oxygen atoms in total. The number of hydrogen-bond acceptors (Lipinski definition) is 2. The van der Waals surface area contributed by atoms with Gasteiger partial charge in [-0.2, -0.15) is 0 Å². The molecule has 1 spiro atoms. The van der Waals surface area contributed by atoms with Gasteiger partial charge in [0.25, 0.3) is 0 Å². The fourth-order valence-electron chi connectivity index (χ4n) is 3.30. The second-order valence-corrected chi connectivity index (χ2v) is 6.08. The van der Waals surface area contributed by atoms with Crippen molar-refractivity contribution in [3.8, 4) is 0 Å². The van der Waals surface area contributed by atoms with Crippen LogP contribution in [0.3, 0.4) is 0 Å². The zero-order chi connectivity index (χ0) is 14.2. The first-order valence-corrected chi connectivity index (χ1v) is 7.29. The largest absolute Gasteiger partial charge is 0.395 e. The summed E-state index contributed by atoms with van der Waals surface area (Å²) in [6.07, 6.45) is 4.60. The monoisotopic (exact) mass is 277 g/mol. The Labute approximate surface area is 118 Å². The normalized spacial score (nSPS) is 22.4. The van der Waals surface area contributed by atoms with Crippen molar-refractivity contribution in [3.63, 3.8) is 0 Å². The van der Waals surface area contributed by atoms with E-state index in [1.807, 2.05) is 0 Å². The van der Waals surface area contributed by atoms with Crippen LogP contribution < -0.4 is 0 Å². The van der Waals surface area contributed by atoms with E-state index in [1.54, 1.807) is 17.0 Å². The summed E-state index contributed by atoms with van der Waals surface area (Å²) in [6, 6.07) is 6.20. The van der Waals surface area contributed by atoms with Crippen molar-refractivity contribution in [2.45, 2.75) is 32.2 Å². The van der Waals surface area contributed by atoms with Gasteiger partial charge in [-0.25, -0.2) is 4.39 Å². The summed E-state index contributed by atoms with van der Waals surface area (Å²) in [5, 5.41) is 9.16. The molecule has 1 amide bonds. The summed E-state index contributed by atoms with van der Waals surface area (Å²) in [6.45, 7) is 0.766. The maximum absolute atomic E-state index is 12.9. The Morgan fingerprint density at radius 1 is 1.35 bits per heavy atom. The second-order valence-electron chi connectivity index (χ2n) is 6.08. The average Bonchev–Trinajstić information content (AvgIpc) is 3.16. The molecule has 2 saturated carbocycles. The number of amides is 1. The number of aliphatic hydroxyl groups excluding tert-OH is 1. The Morgan fingerprint density at radius 2 is 2.05 bits per heavy atom. The van der Waals surface area contributed by atoms with E-state index in [4.69, 9.17) is 5.11 Å². The van der Waals surface area contributed by atoms with Crippen molar-refractivity contribution < 1.29 is 14.3 Å². The third-order valence-electron chi connectivity index (χ3n) is 4.81. The van der Waals surface area contributed by atoms with Gasteiger partial charge in [0.1, 0.15) is 5.82 Å². The maximum atomic E-state index is 12.9. The van der Waals surface area contributed by atoms with Crippen LogP contribution in [0.1, 0.15) is 31.2 Å². The first-order chi connectivity index (χ1) is 9.64. The molecule has 0 heterocycles. The molecular weight excluding hydrogens is 257 g/mol. The molecule has 2 fully saturated rings. The minimum absolute atomic E-state index is 0.0351. The number of carbonyl (C=O) groups excluding carboxylic acids is 1. The molecule has 2 aliphatic carbocycles. The van der Waals surface area contributed by atoms with Gasteiger partial charge in [0.2, 0.25) is 5.91 Å². The molecule has 3 rings (SSSR count). The van der Waals surface area contributed by atoms with Crippen molar-refractivity contribution in [2.75, 3.05) is 13.2 Å². The minimum atomic E-state index is -0.274. The van der Waals surface area contributed by atoms with Crippen LogP contribution in [-0.2, 0) is 11.3 Å². The number of aliphatic hydroxyl groups is 1. The van der Waals surface area contributed by atoms with Crippen LogP contribution >= 0.6 is 0 Å². The van der Waals surface area contributed by atoms with E-state index in [0.29, 0.717) is 18.5 Å².